The van der Waals surface area contributed by atoms with Crippen LogP contribution in [0, 0.1) is 0 Å². The lowest BCUT2D eigenvalue weighted by molar-refractivity contribution is 0.414. The lowest BCUT2D eigenvalue weighted by Gasteiger charge is -2.17. The summed E-state index contributed by atoms with van der Waals surface area (Å²) in [4.78, 5) is 10.6. The van der Waals surface area contributed by atoms with Crippen LogP contribution in [0.4, 0.5) is 5.95 Å². The van der Waals surface area contributed by atoms with Crippen molar-refractivity contribution in [1.29, 1.82) is 0 Å². The molecule has 5 heteroatoms. The average molecular weight is 278 g/mol. The molecule has 1 aromatic heterocycles. The van der Waals surface area contributed by atoms with E-state index in [2.05, 4.69) is 9.97 Å². The largest absolute Gasteiger partial charge is 0.497 e. The molecule has 0 fully saturated rings. The summed E-state index contributed by atoms with van der Waals surface area (Å²) in [5, 5.41) is 0. The molecule has 0 aliphatic heterocycles. The summed E-state index contributed by atoms with van der Waals surface area (Å²) in [5.41, 5.74) is 2.06. The molecule has 19 heavy (non-hydrogen) atoms. The molecule has 0 bridgehead atoms. The Morgan fingerprint density at radius 2 is 1.95 bits per heavy atom. The first-order chi connectivity index (χ1) is 9.22. The van der Waals surface area contributed by atoms with Crippen molar-refractivity contribution in [1.82, 2.24) is 9.97 Å². The van der Waals surface area contributed by atoms with E-state index in [0.717, 1.165) is 23.4 Å². The fourth-order valence-electron chi connectivity index (χ4n) is 1.73. The standard InChI is InChI=1S/C14H16ClN3O/c1-18(14-16-8-12(7-15)9-17-14)10-11-4-3-5-13(6-11)19-2/h3-6,8-9H,7,10H2,1-2H3. The fraction of sp³-hybridized carbons (Fsp3) is 0.286. The average Bonchev–Trinajstić information content (AvgIpc) is 2.47. The van der Waals surface area contributed by atoms with Gasteiger partial charge in [0, 0.05) is 31.5 Å². The minimum absolute atomic E-state index is 0.430. The van der Waals surface area contributed by atoms with Crippen molar-refractivity contribution in [3.63, 3.8) is 0 Å². The van der Waals surface area contributed by atoms with Gasteiger partial charge >= 0.3 is 0 Å². The van der Waals surface area contributed by atoms with Gasteiger partial charge in [0.15, 0.2) is 0 Å². The minimum atomic E-state index is 0.430. The van der Waals surface area contributed by atoms with Crippen LogP contribution < -0.4 is 9.64 Å². The van der Waals surface area contributed by atoms with Crippen molar-refractivity contribution < 1.29 is 4.74 Å². The second-order valence-electron chi connectivity index (χ2n) is 4.23. The lowest BCUT2D eigenvalue weighted by atomic mass is 10.2. The number of halogens is 1. The van der Waals surface area contributed by atoms with Gasteiger partial charge in [0.25, 0.3) is 0 Å². The van der Waals surface area contributed by atoms with Gasteiger partial charge in [-0.1, -0.05) is 12.1 Å². The maximum atomic E-state index is 5.71. The van der Waals surface area contributed by atoms with Gasteiger partial charge < -0.3 is 9.64 Å². The van der Waals surface area contributed by atoms with Crippen molar-refractivity contribution in [2.75, 3.05) is 19.1 Å². The molecule has 0 radical (unpaired) electrons. The van der Waals surface area contributed by atoms with E-state index < -0.39 is 0 Å². The zero-order chi connectivity index (χ0) is 13.7. The summed E-state index contributed by atoms with van der Waals surface area (Å²) in [6.07, 6.45) is 3.49. The number of alkyl halides is 1. The number of hydrogen-bond acceptors (Lipinski definition) is 4. The van der Waals surface area contributed by atoms with E-state index in [9.17, 15) is 0 Å². The molecule has 0 atom stereocenters. The molecule has 0 aliphatic rings. The Morgan fingerprint density at radius 3 is 2.58 bits per heavy atom. The summed E-state index contributed by atoms with van der Waals surface area (Å²) < 4.78 is 5.21. The molecule has 0 aliphatic carbocycles. The quantitative estimate of drug-likeness (QED) is 0.788. The number of rotatable bonds is 5. The summed E-state index contributed by atoms with van der Waals surface area (Å²) in [7, 11) is 3.62. The maximum Gasteiger partial charge on any atom is 0.225 e. The molecule has 0 N–H and O–H groups in total. The normalized spacial score (nSPS) is 10.3. The van der Waals surface area contributed by atoms with Gasteiger partial charge in [0.1, 0.15) is 5.75 Å². The Labute approximate surface area is 118 Å². The van der Waals surface area contributed by atoms with Crippen LogP contribution in [0.25, 0.3) is 0 Å². The number of ether oxygens (including phenoxy) is 1. The second kappa shape index (κ2) is 6.38. The summed E-state index contributed by atoms with van der Waals surface area (Å²) in [5.74, 6) is 1.96. The third-order valence-corrected chi connectivity index (χ3v) is 3.05. The third kappa shape index (κ3) is 3.58. The Balaban J connectivity index is 2.08. The molecule has 2 rings (SSSR count). The number of hydrogen-bond donors (Lipinski definition) is 0. The van der Waals surface area contributed by atoms with Crippen LogP contribution in [-0.4, -0.2) is 24.1 Å². The number of methoxy groups -OCH3 is 1. The van der Waals surface area contributed by atoms with E-state index in [-0.39, 0.29) is 0 Å². The summed E-state index contributed by atoms with van der Waals surface area (Å²) in [6.45, 7) is 0.720. The van der Waals surface area contributed by atoms with Crippen LogP contribution >= 0.6 is 11.6 Å². The van der Waals surface area contributed by atoms with Crippen LogP contribution in [0.15, 0.2) is 36.7 Å². The Kier molecular flexibility index (Phi) is 4.58. The Hall–Kier alpha value is -1.81. The number of benzene rings is 1. The molecule has 4 nitrogen and oxygen atoms in total. The van der Waals surface area contributed by atoms with Crippen molar-refractivity contribution in [2.45, 2.75) is 12.4 Å². The molecule has 100 valence electrons. The zero-order valence-corrected chi connectivity index (χ0v) is 11.8. The van der Waals surface area contributed by atoms with Crippen LogP contribution in [0.1, 0.15) is 11.1 Å². The van der Waals surface area contributed by atoms with Gasteiger partial charge in [-0.2, -0.15) is 0 Å². The highest BCUT2D eigenvalue weighted by atomic mass is 35.5. The van der Waals surface area contributed by atoms with Crippen molar-refractivity contribution in [3.8, 4) is 5.75 Å². The molecule has 0 amide bonds. The minimum Gasteiger partial charge on any atom is -0.497 e. The van der Waals surface area contributed by atoms with E-state index in [0.29, 0.717) is 11.8 Å². The van der Waals surface area contributed by atoms with E-state index in [1.807, 2.05) is 36.2 Å². The maximum absolute atomic E-state index is 5.71. The number of nitrogens with zero attached hydrogens (tertiary/aromatic N) is 3. The smallest absolute Gasteiger partial charge is 0.225 e. The first-order valence-corrected chi connectivity index (χ1v) is 6.47. The van der Waals surface area contributed by atoms with Gasteiger partial charge in [0.05, 0.1) is 13.0 Å². The lowest BCUT2D eigenvalue weighted by Crippen LogP contribution is -2.19. The molecule has 0 spiro atoms. The van der Waals surface area contributed by atoms with Crippen LogP contribution in [0.3, 0.4) is 0 Å². The van der Waals surface area contributed by atoms with Crippen molar-refractivity contribution in [2.24, 2.45) is 0 Å². The van der Waals surface area contributed by atoms with Crippen molar-refractivity contribution >= 4 is 17.5 Å². The first kappa shape index (κ1) is 13.6. The third-order valence-electron chi connectivity index (χ3n) is 2.74. The molecule has 1 aromatic carbocycles. The molecule has 0 saturated heterocycles. The van der Waals surface area contributed by atoms with Gasteiger partial charge in [-0.25, -0.2) is 9.97 Å². The van der Waals surface area contributed by atoms with Gasteiger partial charge in [-0.3, -0.25) is 0 Å². The monoisotopic (exact) mass is 277 g/mol. The van der Waals surface area contributed by atoms with E-state index >= 15 is 0 Å². The van der Waals surface area contributed by atoms with Gasteiger partial charge in [0.2, 0.25) is 5.95 Å². The molecule has 0 saturated carbocycles. The van der Waals surface area contributed by atoms with E-state index in [1.165, 1.54) is 0 Å². The highest BCUT2D eigenvalue weighted by Gasteiger charge is 2.06. The Morgan fingerprint density at radius 1 is 1.21 bits per heavy atom. The fourth-order valence-corrected chi connectivity index (χ4v) is 1.87. The van der Waals surface area contributed by atoms with Gasteiger partial charge in [-0.15, -0.1) is 11.6 Å². The summed E-state index contributed by atoms with van der Waals surface area (Å²) in [6, 6.07) is 7.95. The van der Waals surface area contributed by atoms with Crippen LogP contribution in [0.2, 0.25) is 0 Å². The zero-order valence-electron chi connectivity index (χ0n) is 11.0. The van der Waals surface area contributed by atoms with Gasteiger partial charge in [-0.05, 0) is 17.7 Å². The predicted octanol–water partition coefficient (Wildman–Crippen LogP) is 2.86. The molecular formula is C14H16ClN3O. The summed E-state index contributed by atoms with van der Waals surface area (Å²) >= 11 is 5.71. The Bertz CT molecular complexity index is 530. The highest BCUT2D eigenvalue weighted by molar-refractivity contribution is 6.17. The first-order valence-electron chi connectivity index (χ1n) is 5.94. The predicted molar refractivity (Wildman–Crippen MR) is 76.7 cm³/mol. The molecular weight excluding hydrogens is 262 g/mol. The van der Waals surface area contributed by atoms with Crippen molar-refractivity contribution in [3.05, 3.63) is 47.8 Å². The van der Waals surface area contributed by atoms with E-state index in [1.54, 1.807) is 19.5 Å². The second-order valence-corrected chi connectivity index (χ2v) is 4.50. The molecule has 0 unspecified atom stereocenters. The van der Waals surface area contributed by atoms with Crippen LogP contribution in [-0.2, 0) is 12.4 Å². The highest BCUT2D eigenvalue weighted by Crippen LogP contribution is 2.16. The van der Waals surface area contributed by atoms with Crippen LogP contribution in [0.5, 0.6) is 5.75 Å². The molecule has 2 aromatic rings. The van der Waals surface area contributed by atoms with E-state index in [4.69, 9.17) is 16.3 Å². The molecule has 1 heterocycles. The topological polar surface area (TPSA) is 38.2 Å². The number of aromatic nitrogens is 2. The SMILES string of the molecule is COc1cccc(CN(C)c2ncc(CCl)cn2)c1. The number of anilines is 1.